The number of hydrazine groups is 1. The van der Waals surface area contributed by atoms with E-state index in [1.54, 1.807) is 13.2 Å². The molecule has 6 heteroatoms. The monoisotopic (exact) mass is 211 g/mol. The van der Waals surface area contributed by atoms with Crippen LogP contribution in [0.5, 0.6) is 0 Å². The van der Waals surface area contributed by atoms with Gasteiger partial charge in [-0.15, -0.1) is 0 Å². The van der Waals surface area contributed by atoms with Gasteiger partial charge in [0.15, 0.2) is 0 Å². The summed E-state index contributed by atoms with van der Waals surface area (Å²) in [6.07, 6.45) is 2.38. The zero-order valence-corrected chi connectivity index (χ0v) is 9.03. The highest BCUT2D eigenvalue weighted by atomic mass is 16.5. The second-order valence-corrected chi connectivity index (χ2v) is 3.26. The summed E-state index contributed by atoms with van der Waals surface area (Å²) in [6.45, 7) is 2.79. The third kappa shape index (κ3) is 4.09. The zero-order chi connectivity index (χ0) is 11.1. The number of methoxy groups -OCH3 is 1. The minimum atomic E-state index is 0.297. The van der Waals surface area contributed by atoms with E-state index in [-0.39, 0.29) is 0 Å². The average Bonchev–Trinajstić information content (AvgIpc) is 2.26. The van der Waals surface area contributed by atoms with Crippen molar-refractivity contribution in [3.8, 4) is 0 Å². The Morgan fingerprint density at radius 1 is 1.47 bits per heavy atom. The highest BCUT2D eigenvalue weighted by molar-refractivity contribution is 5.45. The van der Waals surface area contributed by atoms with Gasteiger partial charge in [0.1, 0.15) is 18.0 Å². The number of nitrogen functional groups attached to an aromatic ring is 1. The van der Waals surface area contributed by atoms with Crippen molar-refractivity contribution in [2.24, 2.45) is 5.84 Å². The van der Waals surface area contributed by atoms with Crippen LogP contribution in [-0.2, 0) is 4.74 Å². The van der Waals surface area contributed by atoms with Gasteiger partial charge in [0.2, 0.25) is 0 Å². The lowest BCUT2D eigenvalue weighted by Crippen LogP contribution is -2.18. The van der Waals surface area contributed by atoms with Gasteiger partial charge in [-0.25, -0.2) is 15.8 Å². The summed E-state index contributed by atoms with van der Waals surface area (Å²) in [6, 6.07) is 2.05. The molecule has 1 rings (SSSR count). The highest BCUT2D eigenvalue weighted by Crippen LogP contribution is 2.09. The molecule has 0 aliphatic heterocycles. The number of rotatable bonds is 6. The largest absolute Gasteiger partial charge is 0.385 e. The van der Waals surface area contributed by atoms with Crippen molar-refractivity contribution in [1.29, 1.82) is 0 Å². The second-order valence-electron chi connectivity index (χ2n) is 3.26. The topological polar surface area (TPSA) is 85.1 Å². The van der Waals surface area contributed by atoms with E-state index >= 15 is 0 Å². The Morgan fingerprint density at radius 2 is 2.20 bits per heavy atom. The Labute approximate surface area is 89.2 Å². The van der Waals surface area contributed by atoms with Crippen molar-refractivity contribution < 1.29 is 4.74 Å². The summed E-state index contributed by atoms with van der Waals surface area (Å²) in [5.41, 5.74) is 2.47. The lowest BCUT2D eigenvalue weighted by molar-refractivity contribution is 0.191. The molecule has 6 nitrogen and oxygen atoms in total. The number of nitrogens with one attached hydrogen (secondary N) is 2. The van der Waals surface area contributed by atoms with E-state index in [1.165, 1.54) is 6.33 Å². The molecule has 0 aromatic carbocycles. The third-order valence-corrected chi connectivity index (χ3v) is 1.96. The summed E-state index contributed by atoms with van der Waals surface area (Å²) in [7, 11) is 1.69. The van der Waals surface area contributed by atoms with Crippen LogP contribution in [0.4, 0.5) is 11.6 Å². The molecule has 0 bridgehead atoms. The van der Waals surface area contributed by atoms with Gasteiger partial charge in [0.25, 0.3) is 0 Å². The minimum absolute atomic E-state index is 0.297. The van der Waals surface area contributed by atoms with Gasteiger partial charge in [-0.05, 0) is 13.3 Å². The lowest BCUT2D eigenvalue weighted by atomic mass is 10.2. The van der Waals surface area contributed by atoms with Crippen molar-refractivity contribution in [2.45, 2.75) is 19.4 Å². The predicted octanol–water partition coefficient (Wildman–Crippen LogP) is 0.599. The molecule has 0 aliphatic rings. The summed E-state index contributed by atoms with van der Waals surface area (Å²) in [5.74, 6) is 6.58. The van der Waals surface area contributed by atoms with Crippen molar-refractivity contribution >= 4 is 11.6 Å². The molecule has 1 atom stereocenters. The van der Waals surface area contributed by atoms with E-state index in [1.807, 2.05) is 0 Å². The summed E-state index contributed by atoms with van der Waals surface area (Å²) in [5, 5.41) is 3.22. The van der Waals surface area contributed by atoms with Gasteiger partial charge < -0.3 is 15.5 Å². The molecule has 0 fully saturated rings. The average molecular weight is 211 g/mol. The molecule has 1 heterocycles. The number of nitrogens with zero attached hydrogens (tertiary/aromatic N) is 2. The Morgan fingerprint density at radius 3 is 2.87 bits per heavy atom. The van der Waals surface area contributed by atoms with E-state index in [9.17, 15) is 0 Å². The van der Waals surface area contributed by atoms with E-state index in [4.69, 9.17) is 10.6 Å². The standard InChI is InChI=1S/C9H17N5O/c1-7(3-4-15-2)13-8-5-9(14-10)12-6-11-8/h5-7H,3-4,10H2,1-2H3,(H2,11,12,13,14). The summed E-state index contributed by atoms with van der Waals surface area (Å²) in [4.78, 5) is 7.99. The van der Waals surface area contributed by atoms with Gasteiger partial charge in [0.05, 0.1) is 0 Å². The SMILES string of the molecule is COCCC(C)Nc1cc(NN)ncn1. The van der Waals surface area contributed by atoms with Crippen molar-refractivity contribution in [3.05, 3.63) is 12.4 Å². The molecular formula is C9H17N5O. The van der Waals surface area contributed by atoms with Crippen LogP contribution in [0.25, 0.3) is 0 Å². The van der Waals surface area contributed by atoms with E-state index in [2.05, 4.69) is 27.6 Å². The Balaban J connectivity index is 2.48. The van der Waals surface area contributed by atoms with E-state index in [0.29, 0.717) is 11.9 Å². The van der Waals surface area contributed by atoms with E-state index < -0.39 is 0 Å². The summed E-state index contributed by atoms with van der Waals surface area (Å²) >= 11 is 0. The maximum atomic E-state index is 5.24. The van der Waals surface area contributed by atoms with Crippen LogP contribution in [0.15, 0.2) is 12.4 Å². The first-order valence-electron chi connectivity index (χ1n) is 4.80. The Bertz CT molecular complexity index is 294. The van der Waals surface area contributed by atoms with Gasteiger partial charge in [-0.1, -0.05) is 0 Å². The maximum Gasteiger partial charge on any atom is 0.145 e. The fraction of sp³-hybridized carbons (Fsp3) is 0.556. The Kier molecular flexibility index (Phi) is 4.79. The molecule has 0 spiro atoms. The molecule has 0 saturated carbocycles. The van der Waals surface area contributed by atoms with Gasteiger partial charge in [-0.2, -0.15) is 0 Å². The molecule has 0 aliphatic carbocycles. The zero-order valence-electron chi connectivity index (χ0n) is 9.03. The number of anilines is 2. The van der Waals surface area contributed by atoms with Crippen molar-refractivity contribution in [2.75, 3.05) is 24.5 Å². The minimum Gasteiger partial charge on any atom is -0.385 e. The molecule has 1 aromatic rings. The first-order valence-corrected chi connectivity index (χ1v) is 4.80. The number of hydrogen-bond donors (Lipinski definition) is 3. The molecule has 4 N–H and O–H groups in total. The van der Waals surface area contributed by atoms with Crippen LogP contribution < -0.4 is 16.6 Å². The molecule has 0 radical (unpaired) electrons. The highest BCUT2D eigenvalue weighted by Gasteiger charge is 2.03. The first-order chi connectivity index (χ1) is 7.26. The molecule has 1 unspecified atom stereocenters. The fourth-order valence-corrected chi connectivity index (χ4v) is 1.13. The third-order valence-electron chi connectivity index (χ3n) is 1.96. The predicted molar refractivity (Wildman–Crippen MR) is 59.4 cm³/mol. The lowest BCUT2D eigenvalue weighted by Gasteiger charge is -2.13. The van der Waals surface area contributed by atoms with Gasteiger partial charge in [-0.3, -0.25) is 0 Å². The van der Waals surface area contributed by atoms with Crippen LogP contribution in [0.3, 0.4) is 0 Å². The number of hydrogen-bond acceptors (Lipinski definition) is 6. The van der Waals surface area contributed by atoms with E-state index in [0.717, 1.165) is 18.8 Å². The second kappa shape index (κ2) is 6.15. The smallest absolute Gasteiger partial charge is 0.145 e. The molecule has 0 saturated heterocycles. The number of ether oxygens (including phenoxy) is 1. The normalized spacial score (nSPS) is 12.2. The fourth-order valence-electron chi connectivity index (χ4n) is 1.13. The molecule has 15 heavy (non-hydrogen) atoms. The number of nitrogens with two attached hydrogens (primary N) is 1. The van der Waals surface area contributed by atoms with Gasteiger partial charge >= 0.3 is 0 Å². The molecule has 84 valence electrons. The van der Waals surface area contributed by atoms with Gasteiger partial charge in [0, 0.05) is 25.8 Å². The van der Waals surface area contributed by atoms with Crippen LogP contribution in [-0.4, -0.2) is 29.7 Å². The van der Waals surface area contributed by atoms with Crippen molar-refractivity contribution in [1.82, 2.24) is 9.97 Å². The number of aromatic nitrogens is 2. The maximum absolute atomic E-state index is 5.24. The van der Waals surface area contributed by atoms with Crippen LogP contribution in [0.2, 0.25) is 0 Å². The molecular weight excluding hydrogens is 194 g/mol. The summed E-state index contributed by atoms with van der Waals surface area (Å²) < 4.78 is 4.99. The quantitative estimate of drug-likeness (QED) is 0.472. The molecule has 0 amide bonds. The van der Waals surface area contributed by atoms with Crippen LogP contribution >= 0.6 is 0 Å². The van der Waals surface area contributed by atoms with Crippen LogP contribution in [0.1, 0.15) is 13.3 Å². The molecule has 1 aromatic heterocycles. The van der Waals surface area contributed by atoms with Crippen molar-refractivity contribution in [3.63, 3.8) is 0 Å². The first kappa shape index (κ1) is 11.7. The Hall–Kier alpha value is -1.40. The van der Waals surface area contributed by atoms with Crippen LogP contribution in [0, 0.1) is 0 Å².